The van der Waals surface area contributed by atoms with Crippen molar-refractivity contribution < 1.29 is 53.7 Å². The van der Waals surface area contributed by atoms with Gasteiger partial charge in [0.15, 0.2) is 0 Å². The maximum absolute atomic E-state index is 13.7. The highest BCUT2D eigenvalue weighted by Crippen LogP contribution is 2.11. The van der Waals surface area contributed by atoms with Crippen LogP contribution < -0.4 is 37.6 Å². The Hall–Kier alpha value is -5.10. The van der Waals surface area contributed by atoms with Crippen LogP contribution in [0.1, 0.15) is 52.5 Å². The third kappa shape index (κ3) is 15.6. The monoisotopic (exact) mass is 693 g/mol. The van der Waals surface area contributed by atoms with Gasteiger partial charge in [-0.15, -0.1) is 0 Å². The Balaban J connectivity index is 3.22. The van der Waals surface area contributed by atoms with E-state index in [2.05, 4.69) is 26.6 Å². The third-order valence-corrected chi connectivity index (χ3v) is 7.42. The summed E-state index contributed by atoms with van der Waals surface area (Å²) in [6.45, 7) is 4.77. The molecule has 1 aromatic rings. The van der Waals surface area contributed by atoms with Crippen molar-refractivity contribution in [2.75, 3.05) is 13.1 Å². The zero-order valence-electron chi connectivity index (χ0n) is 27.9. The molecule has 0 spiro atoms. The van der Waals surface area contributed by atoms with Gasteiger partial charge in [0.25, 0.3) is 0 Å². The summed E-state index contributed by atoms with van der Waals surface area (Å²) in [5, 5.41) is 41.7. The second-order valence-corrected chi connectivity index (χ2v) is 11.5. The quantitative estimate of drug-likeness (QED) is 0.0621. The highest BCUT2D eigenvalue weighted by atomic mass is 16.4. The number of carbonyl (C=O) groups is 8. The van der Waals surface area contributed by atoms with E-state index in [1.807, 2.05) is 5.32 Å². The number of aliphatic hydroxyl groups is 1. The van der Waals surface area contributed by atoms with Crippen LogP contribution in [0.15, 0.2) is 30.3 Å². The van der Waals surface area contributed by atoms with Crippen LogP contribution in [0.25, 0.3) is 0 Å². The molecule has 11 N–H and O–H groups in total. The van der Waals surface area contributed by atoms with Crippen LogP contribution in [-0.2, 0) is 44.8 Å². The molecule has 0 aliphatic carbocycles. The van der Waals surface area contributed by atoms with E-state index in [9.17, 15) is 48.6 Å². The molecule has 6 amide bonds. The van der Waals surface area contributed by atoms with E-state index in [0.29, 0.717) is 12.0 Å². The molecule has 0 aliphatic rings. The number of nitrogens with one attached hydrogen (secondary N) is 6. The molecule has 0 radical (unpaired) electrons. The number of aliphatic carboxylic acids is 2. The van der Waals surface area contributed by atoms with E-state index in [4.69, 9.17) is 10.8 Å². The van der Waals surface area contributed by atoms with Gasteiger partial charge < -0.3 is 53.0 Å². The number of hydrogen-bond donors (Lipinski definition) is 10. The van der Waals surface area contributed by atoms with Crippen LogP contribution in [0.5, 0.6) is 0 Å². The molecule has 18 heteroatoms. The molecule has 272 valence electrons. The van der Waals surface area contributed by atoms with Crippen LogP contribution in [0, 0.1) is 5.92 Å². The maximum atomic E-state index is 13.7. The second-order valence-electron chi connectivity index (χ2n) is 11.5. The van der Waals surface area contributed by atoms with Crippen molar-refractivity contribution in [3.8, 4) is 0 Å². The largest absolute Gasteiger partial charge is 0.481 e. The number of benzene rings is 1. The van der Waals surface area contributed by atoms with Gasteiger partial charge in [-0.05, 0) is 31.7 Å². The molecule has 49 heavy (non-hydrogen) atoms. The fourth-order valence-electron chi connectivity index (χ4n) is 4.23. The standard InChI is InChI=1S/C31H47N7O11/c1-5-16(2)26(38-27(45)17(3)35-30(48)25(32)18(4)39)31(49)37-21(13-19-9-7-6-8-10-19)29(47)36-20(11-12-23(41)42)28(46)34-14-22(40)33-15-24(43)44/h6-10,16-18,20-21,25-26,39H,5,11-15,32H2,1-4H3,(H,33,40)(H,34,46)(H,35,48)(H,36,47)(H,37,49)(H,38,45)(H,41,42)(H,43,44). The van der Waals surface area contributed by atoms with Gasteiger partial charge in [-0.1, -0.05) is 50.6 Å². The molecule has 7 atom stereocenters. The first-order valence-electron chi connectivity index (χ1n) is 15.6. The Labute approximate surface area is 283 Å². The first-order valence-corrected chi connectivity index (χ1v) is 15.6. The van der Waals surface area contributed by atoms with Crippen LogP contribution in [0.3, 0.4) is 0 Å². The third-order valence-electron chi connectivity index (χ3n) is 7.42. The Morgan fingerprint density at radius 1 is 0.714 bits per heavy atom. The Kier molecular flexibility index (Phi) is 18.0. The molecule has 18 nitrogen and oxygen atoms in total. The Bertz CT molecular complexity index is 1330. The maximum Gasteiger partial charge on any atom is 0.322 e. The zero-order valence-corrected chi connectivity index (χ0v) is 27.9. The first kappa shape index (κ1) is 41.9. The van der Waals surface area contributed by atoms with E-state index in [-0.39, 0.29) is 12.8 Å². The summed E-state index contributed by atoms with van der Waals surface area (Å²) in [5.41, 5.74) is 6.24. The summed E-state index contributed by atoms with van der Waals surface area (Å²) in [7, 11) is 0. The lowest BCUT2D eigenvalue weighted by molar-refractivity contribution is -0.138. The minimum atomic E-state index is -1.46. The van der Waals surface area contributed by atoms with Crippen molar-refractivity contribution in [3.05, 3.63) is 35.9 Å². The lowest BCUT2D eigenvalue weighted by Crippen LogP contribution is -2.60. The predicted molar refractivity (Wildman–Crippen MR) is 173 cm³/mol. The van der Waals surface area contributed by atoms with Crippen molar-refractivity contribution >= 4 is 47.4 Å². The molecule has 1 rings (SSSR count). The van der Waals surface area contributed by atoms with Crippen LogP contribution >= 0.6 is 0 Å². The molecule has 1 aromatic carbocycles. The summed E-state index contributed by atoms with van der Waals surface area (Å²) in [6, 6.07) is 2.07. The van der Waals surface area contributed by atoms with Crippen molar-refractivity contribution in [3.63, 3.8) is 0 Å². The Morgan fingerprint density at radius 3 is 1.88 bits per heavy atom. The van der Waals surface area contributed by atoms with Crippen LogP contribution in [0.4, 0.5) is 0 Å². The summed E-state index contributed by atoms with van der Waals surface area (Å²) in [4.78, 5) is 99.3. The van der Waals surface area contributed by atoms with Crippen LogP contribution in [0.2, 0.25) is 0 Å². The number of aliphatic hydroxyl groups excluding tert-OH is 1. The van der Waals surface area contributed by atoms with E-state index in [1.165, 1.54) is 13.8 Å². The van der Waals surface area contributed by atoms with Gasteiger partial charge in [0.05, 0.1) is 12.6 Å². The molecular formula is C31H47N7O11. The molecule has 7 unspecified atom stereocenters. The molecule has 0 aromatic heterocycles. The van der Waals surface area contributed by atoms with Crippen molar-refractivity contribution in [2.45, 2.75) is 89.7 Å². The van der Waals surface area contributed by atoms with Crippen molar-refractivity contribution in [1.29, 1.82) is 0 Å². The average Bonchev–Trinajstić information content (AvgIpc) is 3.05. The van der Waals surface area contributed by atoms with E-state index in [1.54, 1.807) is 44.2 Å². The molecule has 0 saturated heterocycles. The number of carbonyl (C=O) groups excluding carboxylic acids is 6. The number of carboxylic acid groups (broad SMARTS) is 2. The molecule has 0 aliphatic heterocycles. The van der Waals surface area contributed by atoms with Gasteiger partial charge in [0, 0.05) is 12.8 Å². The van der Waals surface area contributed by atoms with Crippen molar-refractivity contribution in [2.24, 2.45) is 11.7 Å². The normalized spacial score (nSPS) is 15.1. The second kappa shape index (κ2) is 21.0. The fraction of sp³-hybridized carbons (Fsp3) is 0.548. The van der Waals surface area contributed by atoms with E-state index in [0.717, 1.165) is 0 Å². The summed E-state index contributed by atoms with van der Waals surface area (Å²) < 4.78 is 0. The molecule has 0 heterocycles. The van der Waals surface area contributed by atoms with Crippen molar-refractivity contribution in [1.82, 2.24) is 31.9 Å². The van der Waals surface area contributed by atoms with E-state index < -0.39 is 109 Å². The first-order chi connectivity index (χ1) is 23.0. The number of hydrogen-bond acceptors (Lipinski definition) is 10. The zero-order chi connectivity index (χ0) is 37.3. The highest BCUT2D eigenvalue weighted by Gasteiger charge is 2.33. The van der Waals surface area contributed by atoms with Gasteiger partial charge in [0.2, 0.25) is 35.4 Å². The van der Waals surface area contributed by atoms with Gasteiger partial charge in [-0.25, -0.2) is 0 Å². The van der Waals surface area contributed by atoms with Gasteiger partial charge in [0.1, 0.15) is 36.8 Å². The summed E-state index contributed by atoms with van der Waals surface area (Å²) >= 11 is 0. The Morgan fingerprint density at radius 2 is 1.33 bits per heavy atom. The minimum absolute atomic E-state index is 0.0753. The smallest absolute Gasteiger partial charge is 0.322 e. The molecule has 0 fully saturated rings. The summed E-state index contributed by atoms with van der Waals surface area (Å²) in [6.07, 6.45) is -1.77. The average molecular weight is 694 g/mol. The van der Waals surface area contributed by atoms with Gasteiger partial charge >= 0.3 is 11.9 Å². The van der Waals surface area contributed by atoms with Crippen LogP contribution in [-0.4, -0.2) is 112 Å². The molecule has 0 saturated carbocycles. The lowest BCUT2D eigenvalue weighted by Gasteiger charge is -2.28. The predicted octanol–water partition coefficient (Wildman–Crippen LogP) is -2.88. The molecule has 0 bridgehead atoms. The topological polar surface area (TPSA) is 295 Å². The number of carboxylic acids is 2. The van der Waals surface area contributed by atoms with Gasteiger partial charge in [-0.3, -0.25) is 38.4 Å². The molecular weight excluding hydrogens is 646 g/mol. The summed E-state index contributed by atoms with van der Waals surface area (Å²) in [5.74, 6) is -7.99. The highest BCUT2D eigenvalue weighted by molar-refractivity contribution is 5.96. The van der Waals surface area contributed by atoms with Gasteiger partial charge in [-0.2, -0.15) is 0 Å². The number of amides is 6. The number of rotatable bonds is 21. The van der Waals surface area contributed by atoms with E-state index >= 15 is 0 Å². The fourth-order valence-corrected chi connectivity index (χ4v) is 4.23. The SMILES string of the molecule is CCC(C)C(NC(=O)C(C)NC(=O)C(N)C(C)O)C(=O)NC(Cc1ccccc1)C(=O)NC(CCC(=O)O)C(=O)NCC(=O)NCC(=O)O. The lowest BCUT2D eigenvalue weighted by atomic mass is 9.96. The number of nitrogens with two attached hydrogens (primary N) is 1. The minimum Gasteiger partial charge on any atom is -0.481 e.